The molecular weight excluding hydrogens is 520 g/mol. The molecule has 0 spiro atoms. The first-order valence-electron chi connectivity index (χ1n) is 12.8. The Morgan fingerprint density at radius 2 is 1.32 bits per heavy atom. The van der Waals surface area contributed by atoms with Gasteiger partial charge in [0, 0.05) is 18.4 Å². The molecule has 1 heterocycles. The summed E-state index contributed by atoms with van der Waals surface area (Å²) >= 11 is 0. The van der Waals surface area contributed by atoms with Crippen molar-refractivity contribution in [3.05, 3.63) is 126 Å². The van der Waals surface area contributed by atoms with E-state index in [0.717, 1.165) is 33.8 Å². The number of hydrogen-bond donors (Lipinski definition) is 1. The third-order valence-electron chi connectivity index (χ3n) is 6.46. The number of sulfonamides is 1. The van der Waals surface area contributed by atoms with Crippen LogP contribution in [0.4, 0.5) is 17.2 Å². The van der Waals surface area contributed by atoms with E-state index in [2.05, 4.69) is 20.0 Å². The van der Waals surface area contributed by atoms with Gasteiger partial charge in [-0.05, 0) is 69.3 Å². The Labute approximate surface area is 234 Å². The smallest absolute Gasteiger partial charge is 0.284 e. The third kappa shape index (κ3) is 5.79. The second-order valence-corrected chi connectivity index (χ2v) is 11.2. The molecule has 0 aliphatic rings. The number of hydrogen-bond acceptors (Lipinski definition) is 5. The van der Waals surface area contributed by atoms with Gasteiger partial charge in [-0.1, -0.05) is 76.5 Å². The van der Waals surface area contributed by atoms with Gasteiger partial charge in [-0.2, -0.15) is 13.1 Å². The summed E-state index contributed by atoms with van der Waals surface area (Å²) in [5, 5.41) is 12.3. The highest BCUT2D eigenvalue weighted by molar-refractivity contribution is 7.90. The number of para-hydroxylation sites is 1. The molecule has 1 N–H and O–H groups in total. The van der Waals surface area contributed by atoms with E-state index >= 15 is 0 Å². The third-order valence-corrected chi connectivity index (χ3v) is 7.74. The Morgan fingerprint density at radius 1 is 0.775 bits per heavy atom. The number of anilines is 3. The second kappa shape index (κ2) is 11.2. The van der Waals surface area contributed by atoms with E-state index in [4.69, 9.17) is 0 Å². The lowest BCUT2D eigenvalue weighted by molar-refractivity contribution is 0.598. The molecule has 0 radical (unpaired) electrons. The minimum Gasteiger partial charge on any atom is -0.338 e. The van der Waals surface area contributed by atoms with Crippen LogP contribution < -0.4 is 10.2 Å². The Bertz CT molecular complexity index is 1740. The average Bonchev–Trinajstić information content (AvgIpc) is 3.36. The zero-order chi connectivity index (χ0) is 28.3. The molecule has 5 aromatic rings. The molecule has 0 saturated heterocycles. The highest BCUT2D eigenvalue weighted by atomic mass is 32.2. The molecule has 202 valence electrons. The van der Waals surface area contributed by atoms with Crippen molar-refractivity contribution < 1.29 is 8.42 Å². The van der Waals surface area contributed by atoms with Crippen LogP contribution in [-0.4, -0.2) is 36.3 Å². The molecule has 4 aromatic carbocycles. The average molecular weight is 551 g/mol. The van der Waals surface area contributed by atoms with Crippen LogP contribution >= 0.6 is 0 Å². The highest BCUT2D eigenvalue weighted by Crippen LogP contribution is 2.27. The van der Waals surface area contributed by atoms with E-state index in [0.29, 0.717) is 5.82 Å². The lowest BCUT2D eigenvalue weighted by Gasteiger charge is -2.21. The lowest BCUT2D eigenvalue weighted by Crippen LogP contribution is -2.29. The van der Waals surface area contributed by atoms with Crippen molar-refractivity contribution >= 4 is 33.1 Å². The summed E-state index contributed by atoms with van der Waals surface area (Å²) in [6.45, 7) is 5.93. The van der Waals surface area contributed by atoms with Gasteiger partial charge in [0.25, 0.3) is 10.0 Å². The van der Waals surface area contributed by atoms with Crippen LogP contribution in [0.2, 0.25) is 0 Å². The largest absolute Gasteiger partial charge is 0.338 e. The van der Waals surface area contributed by atoms with Crippen LogP contribution in [0.1, 0.15) is 22.4 Å². The molecule has 0 amide bonds. The number of nitrogens with zero attached hydrogens (tertiary/aromatic N) is 5. The summed E-state index contributed by atoms with van der Waals surface area (Å²) in [7, 11) is -2.33. The molecule has 0 aliphatic carbocycles. The van der Waals surface area contributed by atoms with Crippen molar-refractivity contribution in [2.75, 3.05) is 17.3 Å². The van der Waals surface area contributed by atoms with Crippen LogP contribution in [0.5, 0.6) is 0 Å². The molecule has 0 fully saturated rings. The molecule has 1 aromatic heterocycles. The first-order chi connectivity index (χ1) is 19.2. The number of aromatic nitrogens is 3. The van der Waals surface area contributed by atoms with Gasteiger partial charge in [0.1, 0.15) is 0 Å². The van der Waals surface area contributed by atoms with Gasteiger partial charge in [0.15, 0.2) is 17.3 Å². The Morgan fingerprint density at radius 3 is 1.93 bits per heavy atom. The van der Waals surface area contributed by atoms with Crippen LogP contribution in [0.25, 0.3) is 5.69 Å². The van der Waals surface area contributed by atoms with Crippen molar-refractivity contribution in [1.29, 1.82) is 0 Å². The lowest BCUT2D eigenvalue weighted by atomic mass is 10.2. The summed E-state index contributed by atoms with van der Waals surface area (Å²) in [6.07, 6.45) is 0. The van der Waals surface area contributed by atoms with Gasteiger partial charge in [0.2, 0.25) is 0 Å². The fourth-order valence-corrected chi connectivity index (χ4v) is 5.12. The molecule has 0 aliphatic heterocycles. The monoisotopic (exact) mass is 550 g/mol. The summed E-state index contributed by atoms with van der Waals surface area (Å²) in [6, 6.07) is 31.8. The number of amidine groups is 1. The van der Waals surface area contributed by atoms with Gasteiger partial charge in [-0.15, -0.1) is 9.50 Å². The number of aryl methyl sites for hydroxylation is 3. The zero-order valence-corrected chi connectivity index (χ0v) is 23.6. The van der Waals surface area contributed by atoms with Gasteiger partial charge in [-0.3, -0.25) is 0 Å². The Kier molecular flexibility index (Phi) is 7.48. The first kappa shape index (κ1) is 26.8. The number of nitrogens with one attached hydrogen (secondary N) is 1. The molecule has 0 bridgehead atoms. The van der Waals surface area contributed by atoms with Crippen molar-refractivity contribution in [1.82, 2.24) is 15.0 Å². The maximum atomic E-state index is 13.6. The van der Waals surface area contributed by atoms with Crippen molar-refractivity contribution in [2.24, 2.45) is 4.40 Å². The highest BCUT2D eigenvalue weighted by Gasteiger charge is 2.26. The zero-order valence-electron chi connectivity index (χ0n) is 22.8. The van der Waals surface area contributed by atoms with E-state index in [9.17, 15) is 8.42 Å². The molecular formula is C31H30N6O2S. The molecule has 5 rings (SSSR count). The molecule has 40 heavy (non-hydrogen) atoms. The fraction of sp³-hybridized carbons (Fsp3) is 0.129. The molecule has 0 unspecified atom stereocenters. The minimum absolute atomic E-state index is 0.0935. The summed E-state index contributed by atoms with van der Waals surface area (Å²) in [5.74, 6) is 0.605. The fourth-order valence-electron chi connectivity index (χ4n) is 4.10. The summed E-state index contributed by atoms with van der Waals surface area (Å²) in [5.41, 5.74) is 5.76. The minimum atomic E-state index is -4.09. The Hall–Kier alpha value is -4.76. The molecule has 0 atom stereocenters. The van der Waals surface area contributed by atoms with Crippen LogP contribution in [-0.2, 0) is 10.0 Å². The Balaban J connectivity index is 1.72. The van der Waals surface area contributed by atoms with E-state index < -0.39 is 10.0 Å². The number of rotatable bonds is 7. The van der Waals surface area contributed by atoms with E-state index in [-0.39, 0.29) is 16.4 Å². The van der Waals surface area contributed by atoms with E-state index in [1.807, 2.05) is 99.6 Å². The summed E-state index contributed by atoms with van der Waals surface area (Å²) in [4.78, 5) is 1.80. The van der Waals surface area contributed by atoms with Crippen LogP contribution in [0.3, 0.4) is 0 Å². The standard InChI is InChI=1S/C31H30N6O2S/c1-22-10-16-25(17-11-22)32-30-29(33-35-37(30)27-18-12-23(2)13-19-27)31(36(4)26-8-6-5-7-9-26)34-40(38,39)28-20-14-24(3)15-21-28/h5-21,32H,1-4H3/b34-31+. The van der Waals surface area contributed by atoms with Crippen molar-refractivity contribution in [3.63, 3.8) is 0 Å². The van der Waals surface area contributed by atoms with Gasteiger partial charge in [-0.25, -0.2) is 0 Å². The van der Waals surface area contributed by atoms with Gasteiger partial charge >= 0.3 is 0 Å². The predicted molar refractivity (Wildman–Crippen MR) is 160 cm³/mol. The first-order valence-corrected chi connectivity index (χ1v) is 14.2. The van der Waals surface area contributed by atoms with Crippen molar-refractivity contribution in [2.45, 2.75) is 25.7 Å². The van der Waals surface area contributed by atoms with Gasteiger partial charge < -0.3 is 10.2 Å². The number of benzene rings is 4. The SMILES string of the molecule is Cc1ccc(Nc2c(/C(=N\S(=O)(=O)c3ccc(C)cc3)N(C)c3ccccc3)nnn2-c2ccc(C)cc2)cc1. The predicted octanol–water partition coefficient (Wildman–Crippen LogP) is 6.21. The molecule has 9 heteroatoms. The van der Waals surface area contributed by atoms with Crippen LogP contribution in [0, 0.1) is 20.8 Å². The maximum absolute atomic E-state index is 13.6. The van der Waals surface area contributed by atoms with Crippen molar-refractivity contribution in [3.8, 4) is 5.69 Å². The van der Waals surface area contributed by atoms with Crippen LogP contribution in [0.15, 0.2) is 112 Å². The molecule has 8 nitrogen and oxygen atoms in total. The van der Waals surface area contributed by atoms with E-state index in [1.54, 1.807) is 40.9 Å². The quantitative estimate of drug-likeness (QED) is 0.191. The van der Waals surface area contributed by atoms with E-state index in [1.165, 1.54) is 0 Å². The maximum Gasteiger partial charge on any atom is 0.284 e. The molecule has 0 saturated carbocycles. The topological polar surface area (TPSA) is 92.5 Å². The summed E-state index contributed by atoms with van der Waals surface area (Å²) < 4.78 is 33.2. The van der Waals surface area contributed by atoms with Gasteiger partial charge in [0.05, 0.1) is 10.6 Å². The normalized spacial score (nSPS) is 11.8. The second-order valence-electron chi connectivity index (χ2n) is 9.62.